The van der Waals surface area contributed by atoms with Crippen LogP contribution in [0.25, 0.3) is 43.6 Å². The van der Waals surface area contributed by atoms with Crippen molar-refractivity contribution in [1.82, 2.24) is 9.97 Å². The molecule has 6 aromatic rings. The maximum atomic E-state index is 12.8. The Balaban J connectivity index is 1.07. The Kier molecular flexibility index (Phi) is 6.04. The Labute approximate surface area is 211 Å². The second kappa shape index (κ2) is 9.79. The lowest BCUT2D eigenvalue weighted by molar-refractivity contribution is 0.0770. The van der Waals surface area contributed by atoms with Gasteiger partial charge in [0, 0.05) is 32.6 Å². The number of pyridine rings is 2. The Hall–Kier alpha value is -4.62. The first-order valence-corrected chi connectivity index (χ1v) is 12.1. The van der Waals surface area contributed by atoms with Gasteiger partial charge in [-0.2, -0.15) is 0 Å². The molecule has 0 unspecified atom stereocenters. The van der Waals surface area contributed by atoms with Gasteiger partial charge in [-0.15, -0.1) is 0 Å². The van der Waals surface area contributed by atoms with E-state index < -0.39 is 0 Å². The van der Waals surface area contributed by atoms with Crippen molar-refractivity contribution < 1.29 is 14.2 Å². The summed E-state index contributed by atoms with van der Waals surface area (Å²) >= 11 is 0. The minimum atomic E-state index is -0.0222. The van der Waals surface area contributed by atoms with Crippen LogP contribution in [-0.4, -0.2) is 36.4 Å². The van der Waals surface area contributed by atoms with E-state index in [1.807, 2.05) is 72.8 Å². The van der Waals surface area contributed by atoms with Crippen molar-refractivity contribution in [3.63, 3.8) is 0 Å². The number of hydrogen-bond donors (Lipinski definition) is 2. The minimum absolute atomic E-state index is 0.0222. The standard InChI is InChI=1S/C30H24N2O5/c33-29-19-7-1-3-11-23(19)31-27-21(29)9-5-13-25(27)36-17-15-35-16-18-37-26-14-6-10-22-28(26)32-24-12-4-2-8-20(24)30(22)34/h1-14H,15-18H2,(H,31,33)(H,32,34). The Morgan fingerprint density at radius 2 is 0.919 bits per heavy atom. The Morgan fingerprint density at radius 3 is 1.41 bits per heavy atom. The van der Waals surface area contributed by atoms with Crippen LogP contribution in [0.15, 0.2) is 94.5 Å². The molecule has 4 aromatic carbocycles. The van der Waals surface area contributed by atoms with Gasteiger partial charge in [-0.1, -0.05) is 36.4 Å². The molecule has 2 N–H and O–H groups in total. The molecule has 0 aliphatic heterocycles. The van der Waals surface area contributed by atoms with Crippen molar-refractivity contribution in [3.05, 3.63) is 105 Å². The molecule has 0 saturated carbocycles. The molecule has 2 aromatic heterocycles. The first-order valence-electron chi connectivity index (χ1n) is 12.1. The molecule has 0 saturated heterocycles. The second-order valence-corrected chi connectivity index (χ2v) is 8.67. The summed E-state index contributed by atoms with van der Waals surface area (Å²) in [5.41, 5.74) is 2.84. The third-order valence-electron chi connectivity index (χ3n) is 6.37. The number of nitrogens with one attached hydrogen (secondary N) is 2. The summed E-state index contributed by atoms with van der Waals surface area (Å²) in [6, 6.07) is 25.8. The average molecular weight is 493 g/mol. The Morgan fingerprint density at radius 1 is 0.486 bits per heavy atom. The predicted molar refractivity (Wildman–Crippen MR) is 146 cm³/mol. The van der Waals surface area contributed by atoms with E-state index in [9.17, 15) is 9.59 Å². The zero-order valence-corrected chi connectivity index (χ0v) is 20.0. The van der Waals surface area contributed by atoms with Gasteiger partial charge in [0.1, 0.15) is 24.7 Å². The van der Waals surface area contributed by atoms with Crippen LogP contribution in [0.4, 0.5) is 0 Å². The largest absolute Gasteiger partial charge is 0.489 e. The lowest BCUT2D eigenvalue weighted by atomic mass is 10.1. The van der Waals surface area contributed by atoms with E-state index in [1.165, 1.54) is 0 Å². The monoisotopic (exact) mass is 492 g/mol. The molecular formula is C30H24N2O5. The highest BCUT2D eigenvalue weighted by molar-refractivity contribution is 5.96. The number of aromatic nitrogens is 2. The molecule has 7 heteroatoms. The van der Waals surface area contributed by atoms with Gasteiger partial charge in [-0.25, -0.2) is 0 Å². The van der Waals surface area contributed by atoms with E-state index in [0.717, 1.165) is 11.0 Å². The van der Waals surface area contributed by atoms with Gasteiger partial charge in [-0.3, -0.25) is 9.59 Å². The van der Waals surface area contributed by atoms with E-state index in [2.05, 4.69) is 9.97 Å². The lowest BCUT2D eigenvalue weighted by Crippen LogP contribution is -2.13. The van der Waals surface area contributed by atoms with Crippen molar-refractivity contribution in [2.45, 2.75) is 0 Å². The number of rotatable bonds is 8. The summed E-state index contributed by atoms with van der Waals surface area (Å²) in [6.45, 7) is 1.35. The van der Waals surface area contributed by atoms with Crippen LogP contribution in [0.5, 0.6) is 11.5 Å². The molecule has 0 radical (unpaired) electrons. The minimum Gasteiger partial charge on any atom is -0.489 e. The molecular weight excluding hydrogens is 468 g/mol. The fraction of sp³-hybridized carbons (Fsp3) is 0.133. The summed E-state index contributed by atoms with van der Waals surface area (Å²) in [7, 11) is 0. The van der Waals surface area contributed by atoms with E-state index in [0.29, 0.717) is 70.5 Å². The molecule has 37 heavy (non-hydrogen) atoms. The molecule has 0 fully saturated rings. The summed E-state index contributed by atoms with van der Waals surface area (Å²) in [5, 5.41) is 2.48. The summed E-state index contributed by atoms with van der Waals surface area (Å²) in [4.78, 5) is 32.3. The summed E-state index contributed by atoms with van der Waals surface area (Å²) in [5.74, 6) is 1.21. The second-order valence-electron chi connectivity index (χ2n) is 8.67. The molecule has 0 spiro atoms. The molecule has 0 aliphatic carbocycles. The number of hydrogen-bond acceptors (Lipinski definition) is 5. The van der Waals surface area contributed by atoms with Crippen molar-refractivity contribution in [1.29, 1.82) is 0 Å². The molecule has 6 rings (SSSR count). The van der Waals surface area contributed by atoms with Crippen LogP contribution in [0.2, 0.25) is 0 Å². The van der Waals surface area contributed by atoms with Gasteiger partial charge >= 0.3 is 0 Å². The third-order valence-corrected chi connectivity index (χ3v) is 6.37. The molecule has 184 valence electrons. The fourth-order valence-electron chi connectivity index (χ4n) is 4.60. The van der Waals surface area contributed by atoms with E-state index in [-0.39, 0.29) is 10.9 Å². The molecule has 0 atom stereocenters. The number of para-hydroxylation sites is 4. The average Bonchev–Trinajstić information content (AvgIpc) is 2.93. The van der Waals surface area contributed by atoms with Crippen LogP contribution < -0.4 is 20.3 Å². The first kappa shape index (κ1) is 22.8. The molecule has 7 nitrogen and oxygen atoms in total. The van der Waals surface area contributed by atoms with Gasteiger partial charge in [0.2, 0.25) is 0 Å². The Bertz CT molecular complexity index is 1740. The zero-order valence-electron chi connectivity index (χ0n) is 20.0. The predicted octanol–water partition coefficient (Wildman–Crippen LogP) is 5.15. The van der Waals surface area contributed by atoms with Gasteiger partial charge in [0.25, 0.3) is 0 Å². The van der Waals surface area contributed by atoms with Crippen LogP contribution >= 0.6 is 0 Å². The normalized spacial score (nSPS) is 11.5. The summed E-state index contributed by atoms with van der Waals surface area (Å²) in [6.07, 6.45) is 0. The molecule has 2 heterocycles. The highest BCUT2D eigenvalue weighted by Gasteiger charge is 2.10. The molecule has 0 bridgehead atoms. The molecule has 0 amide bonds. The van der Waals surface area contributed by atoms with Crippen molar-refractivity contribution in [2.75, 3.05) is 26.4 Å². The van der Waals surface area contributed by atoms with Crippen molar-refractivity contribution in [3.8, 4) is 11.5 Å². The van der Waals surface area contributed by atoms with Crippen molar-refractivity contribution in [2.24, 2.45) is 0 Å². The zero-order chi connectivity index (χ0) is 25.2. The van der Waals surface area contributed by atoms with Gasteiger partial charge in [0.05, 0.1) is 24.2 Å². The van der Waals surface area contributed by atoms with Crippen LogP contribution in [0, 0.1) is 0 Å². The van der Waals surface area contributed by atoms with E-state index in [4.69, 9.17) is 14.2 Å². The SMILES string of the molecule is O=c1c2ccccc2[nH]c2c(OCCOCCOc3cccc4c(=O)c5ccccc5[nH]c34)cccc12. The van der Waals surface area contributed by atoms with Gasteiger partial charge in [-0.05, 0) is 48.5 Å². The van der Waals surface area contributed by atoms with Crippen LogP contribution in [0.1, 0.15) is 0 Å². The van der Waals surface area contributed by atoms with E-state index >= 15 is 0 Å². The third kappa shape index (κ3) is 4.30. The smallest absolute Gasteiger partial charge is 0.197 e. The number of fused-ring (bicyclic) bond motifs is 4. The highest BCUT2D eigenvalue weighted by atomic mass is 16.5. The van der Waals surface area contributed by atoms with Crippen molar-refractivity contribution >= 4 is 43.6 Å². The number of aromatic amines is 2. The number of H-pyrrole nitrogens is 2. The van der Waals surface area contributed by atoms with Gasteiger partial charge in [0.15, 0.2) is 10.9 Å². The van der Waals surface area contributed by atoms with Gasteiger partial charge < -0.3 is 24.2 Å². The maximum absolute atomic E-state index is 12.8. The quantitative estimate of drug-likeness (QED) is 0.226. The van der Waals surface area contributed by atoms with Crippen LogP contribution in [-0.2, 0) is 4.74 Å². The first-order chi connectivity index (χ1) is 18.2. The topological polar surface area (TPSA) is 93.4 Å². The highest BCUT2D eigenvalue weighted by Crippen LogP contribution is 2.25. The van der Waals surface area contributed by atoms with E-state index in [1.54, 1.807) is 12.1 Å². The number of benzene rings is 4. The van der Waals surface area contributed by atoms with Crippen LogP contribution in [0.3, 0.4) is 0 Å². The fourth-order valence-corrected chi connectivity index (χ4v) is 4.60. The maximum Gasteiger partial charge on any atom is 0.197 e. The lowest BCUT2D eigenvalue weighted by Gasteiger charge is -2.12. The number of ether oxygens (including phenoxy) is 3. The molecule has 0 aliphatic rings. The summed E-state index contributed by atoms with van der Waals surface area (Å²) < 4.78 is 17.5.